The smallest absolute Gasteiger partial charge is 0.193 e. The number of piperidine rings is 1. The van der Waals surface area contributed by atoms with E-state index in [0.29, 0.717) is 6.61 Å². The van der Waals surface area contributed by atoms with Crippen LogP contribution in [0.3, 0.4) is 0 Å². The van der Waals surface area contributed by atoms with Gasteiger partial charge >= 0.3 is 0 Å². The summed E-state index contributed by atoms with van der Waals surface area (Å²) in [7, 11) is 1.86. The van der Waals surface area contributed by atoms with Gasteiger partial charge in [-0.1, -0.05) is 6.42 Å². The molecule has 0 saturated carbocycles. The molecule has 2 saturated heterocycles. The van der Waals surface area contributed by atoms with E-state index in [2.05, 4.69) is 25.1 Å². The number of hydrogen-bond acceptors (Lipinski definition) is 4. The number of nitrogens with zero attached hydrogens (tertiary/aromatic N) is 4. The molecule has 1 atom stereocenters. The third kappa shape index (κ3) is 6.57. The van der Waals surface area contributed by atoms with Crippen LogP contribution in [0.1, 0.15) is 25.7 Å². The molecule has 26 heavy (non-hydrogen) atoms. The van der Waals surface area contributed by atoms with Crippen molar-refractivity contribution < 1.29 is 4.74 Å². The van der Waals surface area contributed by atoms with Crippen LogP contribution in [-0.2, 0) is 0 Å². The molecule has 0 amide bonds. The second-order valence-corrected chi connectivity index (χ2v) is 6.97. The number of likely N-dealkylation sites (tertiary alicyclic amines) is 2. The summed E-state index contributed by atoms with van der Waals surface area (Å²) in [5, 5.41) is 3.42. The van der Waals surface area contributed by atoms with Crippen LogP contribution in [0.2, 0.25) is 0 Å². The molecule has 0 radical (unpaired) electrons. The lowest BCUT2D eigenvalue weighted by atomic mass is 10.1. The van der Waals surface area contributed by atoms with Crippen LogP contribution in [0.15, 0.2) is 29.5 Å². The first-order chi connectivity index (χ1) is 12.3. The monoisotopic (exact) mass is 473 g/mol. The van der Waals surface area contributed by atoms with E-state index in [0.717, 1.165) is 37.3 Å². The van der Waals surface area contributed by atoms with Crippen molar-refractivity contribution in [1.82, 2.24) is 20.1 Å². The number of guanidine groups is 1. The second kappa shape index (κ2) is 11.6. The Hall–Kier alpha value is -1.09. The molecule has 2 aliphatic rings. The van der Waals surface area contributed by atoms with E-state index in [9.17, 15) is 0 Å². The van der Waals surface area contributed by atoms with Gasteiger partial charge in [0.05, 0.1) is 12.7 Å². The molecule has 1 unspecified atom stereocenters. The van der Waals surface area contributed by atoms with Gasteiger partial charge in [-0.15, -0.1) is 24.0 Å². The SMILES string of the molecule is CN=C(NCCOc1cccnc1)N1CCC(CN2CCCCC2)C1.I. The molecular weight excluding hydrogens is 441 g/mol. The first-order valence-corrected chi connectivity index (χ1v) is 9.56. The Labute approximate surface area is 174 Å². The number of nitrogens with one attached hydrogen (secondary N) is 1. The first kappa shape index (κ1) is 21.2. The average Bonchev–Trinajstić information content (AvgIpc) is 3.12. The fourth-order valence-electron chi connectivity index (χ4n) is 3.78. The maximum Gasteiger partial charge on any atom is 0.193 e. The van der Waals surface area contributed by atoms with Crippen molar-refractivity contribution in [2.24, 2.45) is 10.9 Å². The molecule has 0 bridgehead atoms. The quantitative estimate of drug-likeness (QED) is 0.298. The van der Waals surface area contributed by atoms with E-state index >= 15 is 0 Å². The molecule has 2 aliphatic heterocycles. The largest absolute Gasteiger partial charge is 0.490 e. The highest BCUT2D eigenvalue weighted by molar-refractivity contribution is 14.0. The summed E-state index contributed by atoms with van der Waals surface area (Å²) in [6.07, 6.45) is 8.91. The summed E-state index contributed by atoms with van der Waals surface area (Å²) in [5.74, 6) is 2.57. The minimum absolute atomic E-state index is 0. The van der Waals surface area contributed by atoms with Crippen molar-refractivity contribution >= 4 is 29.9 Å². The minimum Gasteiger partial charge on any atom is -0.490 e. The van der Waals surface area contributed by atoms with Crippen molar-refractivity contribution in [2.75, 3.05) is 52.9 Å². The predicted molar refractivity (Wildman–Crippen MR) is 116 cm³/mol. The van der Waals surface area contributed by atoms with Crippen LogP contribution in [0.25, 0.3) is 0 Å². The highest BCUT2D eigenvalue weighted by Gasteiger charge is 2.26. The number of ether oxygens (including phenoxy) is 1. The van der Waals surface area contributed by atoms with Gasteiger partial charge in [0.1, 0.15) is 12.4 Å². The van der Waals surface area contributed by atoms with E-state index in [1.165, 1.54) is 45.3 Å². The Bertz CT molecular complexity index is 536. The van der Waals surface area contributed by atoms with Gasteiger partial charge in [-0.25, -0.2) is 0 Å². The van der Waals surface area contributed by atoms with Crippen molar-refractivity contribution in [3.8, 4) is 5.75 Å². The maximum absolute atomic E-state index is 5.68. The van der Waals surface area contributed by atoms with Gasteiger partial charge < -0.3 is 19.9 Å². The van der Waals surface area contributed by atoms with Crippen LogP contribution in [0.4, 0.5) is 0 Å². The standard InChI is InChI=1S/C19H31N5O.HI/c1-20-19(22-9-13-25-18-6-5-8-21-14-18)24-12-7-17(16-24)15-23-10-3-2-4-11-23;/h5-6,8,14,17H,2-4,7,9-13,15-16H2,1H3,(H,20,22);1H. The number of pyridine rings is 1. The number of rotatable bonds is 6. The fourth-order valence-corrected chi connectivity index (χ4v) is 3.78. The topological polar surface area (TPSA) is 53.0 Å². The van der Waals surface area contributed by atoms with Gasteiger partial charge in [0, 0.05) is 32.9 Å². The van der Waals surface area contributed by atoms with E-state index in [1.54, 1.807) is 12.4 Å². The lowest BCUT2D eigenvalue weighted by molar-refractivity contribution is 0.198. The first-order valence-electron chi connectivity index (χ1n) is 9.56. The van der Waals surface area contributed by atoms with Crippen molar-refractivity contribution in [2.45, 2.75) is 25.7 Å². The van der Waals surface area contributed by atoms with Crippen LogP contribution in [0, 0.1) is 5.92 Å². The third-order valence-electron chi connectivity index (χ3n) is 5.05. The molecule has 3 rings (SSSR count). The molecule has 3 heterocycles. The summed E-state index contributed by atoms with van der Waals surface area (Å²) >= 11 is 0. The molecule has 2 fully saturated rings. The Kier molecular flexibility index (Phi) is 9.45. The Morgan fingerprint density at radius 1 is 1.31 bits per heavy atom. The van der Waals surface area contributed by atoms with Gasteiger partial charge in [0.25, 0.3) is 0 Å². The van der Waals surface area contributed by atoms with Crippen molar-refractivity contribution in [3.05, 3.63) is 24.5 Å². The molecule has 0 aliphatic carbocycles. The summed E-state index contributed by atoms with van der Waals surface area (Å²) in [6, 6.07) is 3.81. The Balaban J connectivity index is 0.00000243. The van der Waals surface area contributed by atoms with Crippen LogP contribution in [-0.4, -0.2) is 73.7 Å². The number of halogens is 1. The average molecular weight is 473 g/mol. The highest BCUT2D eigenvalue weighted by Crippen LogP contribution is 2.19. The maximum atomic E-state index is 5.68. The molecule has 1 aromatic rings. The third-order valence-corrected chi connectivity index (χ3v) is 5.05. The Morgan fingerprint density at radius 3 is 2.88 bits per heavy atom. The number of aliphatic imine (C=N–C) groups is 1. The van der Waals surface area contributed by atoms with Gasteiger partial charge in [-0.05, 0) is 50.4 Å². The molecule has 0 aromatic carbocycles. The van der Waals surface area contributed by atoms with Gasteiger partial charge in [0.15, 0.2) is 5.96 Å². The van der Waals surface area contributed by atoms with E-state index < -0.39 is 0 Å². The van der Waals surface area contributed by atoms with Crippen LogP contribution < -0.4 is 10.1 Å². The van der Waals surface area contributed by atoms with E-state index in [-0.39, 0.29) is 24.0 Å². The minimum atomic E-state index is 0. The second-order valence-electron chi connectivity index (χ2n) is 6.97. The summed E-state index contributed by atoms with van der Waals surface area (Å²) < 4.78 is 5.68. The zero-order valence-electron chi connectivity index (χ0n) is 15.8. The molecule has 1 aromatic heterocycles. The van der Waals surface area contributed by atoms with Crippen LogP contribution in [0.5, 0.6) is 5.75 Å². The molecule has 7 heteroatoms. The molecule has 146 valence electrons. The van der Waals surface area contributed by atoms with Gasteiger partial charge in [-0.3, -0.25) is 9.98 Å². The number of aromatic nitrogens is 1. The van der Waals surface area contributed by atoms with Gasteiger partial charge in [-0.2, -0.15) is 0 Å². The van der Waals surface area contributed by atoms with Crippen molar-refractivity contribution in [1.29, 1.82) is 0 Å². The molecule has 6 nitrogen and oxygen atoms in total. The number of hydrogen-bond donors (Lipinski definition) is 1. The lowest BCUT2D eigenvalue weighted by Crippen LogP contribution is -2.42. The Morgan fingerprint density at radius 2 is 2.15 bits per heavy atom. The summed E-state index contributed by atoms with van der Waals surface area (Å²) in [6.45, 7) is 7.38. The van der Waals surface area contributed by atoms with E-state index in [4.69, 9.17) is 4.74 Å². The molecular formula is C19H32IN5O. The van der Waals surface area contributed by atoms with Crippen molar-refractivity contribution in [3.63, 3.8) is 0 Å². The van der Waals surface area contributed by atoms with Crippen LogP contribution >= 0.6 is 24.0 Å². The zero-order valence-corrected chi connectivity index (χ0v) is 18.1. The summed E-state index contributed by atoms with van der Waals surface area (Å²) in [5.41, 5.74) is 0. The van der Waals surface area contributed by atoms with Gasteiger partial charge in [0.2, 0.25) is 0 Å². The lowest BCUT2D eigenvalue weighted by Gasteiger charge is -2.29. The molecule has 0 spiro atoms. The predicted octanol–water partition coefficient (Wildman–Crippen LogP) is 2.46. The normalized spacial score (nSPS) is 21.3. The zero-order chi connectivity index (χ0) is 17.3. The summed E-state index contributed by atoms with van der Waals surface area (Å²) in [4.78, 5) is 13.5. The molecule has 1 N–H and O–H groups in total. The highest BCUT2D eigenvalue weighted by atomic mass is 127. The fraction of sp³-hybridized carbons (Fsp3) is 0.684. The van der Waals surface area contributed by atoms with E-state index in [1.807, 2.05) is 19.2 Å².